The van der Waals surface area contributed by atoms with Crippen LogP contribution in [0, 0.1) is 23.2 Å². The Morgan fingerprint density at radius 2 is 1.72 bits per heavy atom. The zero-order valence-electron chi connectivity index (χ0n) is 18.6. The second-order valence-electron chi connectivity index (χ2n) is 8.68. The highest BCUT2D eigenvalue weighted by Crippen LogP contribution is 2.36. The van der Waals surface area contributed by atoms with Crippen molar-refractivity contribution in [2.75, 3.05) is 0 Å². The molecule has 1 aliphatic heterocycles. The summed E-state index contributed by atoms with van der Waals surface area (Å²) in [4.78, 5) is 18.8. The Morgan fingerprint density at radius 3 is 2.44 bits per heavy atom. The van der Waals surface area contributed by atoms with Crippen LogP contribution in [0.1, 0.15) is 60.3 Å². The van der Waals surface area contributed by atoms with Gasteiger partial charge in [-0.1, -0.05) is 74.5 Å². The molecule has 4 nitrogen and oxygen atoms in total. The number of nitriles is 1. The van der Waals surface area contributed by atoms with Crippen molar-refractivity contribution < 1.29 is 9.63 Å². The van der Waals surface area contributed by atoms with Gasteiger partial charge in [0, 0.05) is 23.5 Å². The number of carbonyl (C=O) groups excluding carboxylic acids is 1. The monoisotopic (exact) mass is 422 g/mol. The molecule has 2 atom stereocenters. The number of nitrogens with zero attached hydrogens (tertiary/aromatic N) is 2. The standard InChI is InChI=1S/C28H26N2O2/c1-18(2)13-26(31)23-14-22(25-12-8-7-11-21(25)17-29)15-24(16-23)27-19(3)28(32-30-27)20-9-5-4-6-10-20/h4-12,14-16,18-19,28H,13H2,1-3H3. The molecule has 3 aromatic rings. The summed E-state index contributed by atoms with van der Waals surface area (Å²) in [7, 11) is 0. The van der Waals surface area contributed by atoms with E-state index in [0.717, 1.165) is 28.0 Å². The van der Waals surface area contributed by atoms with Gasteiger partial charge in [0.2, 0.25) is 0 Å². The van der Waals surface area contributed by atoms with Crippen molar-refractivity contribution in [3.8, 4) is 17.2 Å². The van der Waals surface area contributed by atoms with Crippen LogP contribution < -0.4 is 0 Å². The van der Waals surface area contributed by atoms with Gasteiger partial charge < -0.3 is 4.84 Å². The van der Waals surface area contributed by atoms with Crippen LogP contribution in [0.3, 0.4) is 0 Å². The third kappa shape index (κ3) is 4.33. The van der Waals surface area contributed by atoms with Crippen molar-refractivity contribution >= 4 is 11.5 Å². The van der Waals surface area contributed by atoms with E-state index >= 15 is 0 Å². The van der Waals surface area contributed by atoms with Gasteiger partial charge in [-0.25, -0.2) is 0 Å². The first-order valence-corrected chi connectivity index (χ1v) is 10.9. The van der Waals surface area contributed by atoms with Crippen molar-refractivity contribution in [1.82, 2.24) is 0 Å². The Balaban J connectivity index is 1.78. The molecule has 2 unspecified atom stereocenters. The average molecular weight is 423 g/mol. The summed E-state index contributed by atoms with van der Waals surface area (Å²) >= 11 is 0. The molecule has 0 radical (unpaired) electrons. The molecule has 32 heavy (non-hydrogen) atoms. The first kappa shape index (κ1) is 21.5. The van der Waals surface area contributed by atoms with Gasteiger partial charge in [0.05, 0.1) is 17.3 Å². The number of Topliss-reactive ketones (excluding diaryl/α,β-unsaturated/α-hetero) is 1. The summed E-state index contributed by atoms with van der Waals surface area (Å²) in [6, 6.07) is 25.6. The van der Waals surface area contributed by atoms with Gasteiger partial charge in [-0.2, -0.15) is 5.26 Å². The molecule has 3 aromatic carbocycles. The summed E-state index contributed by atoms with van der Waals surface area (Å²) in [5.74, 6) is 0.366. The van der Waals surface area contributed by atoms with Crippen LogP contribution >= 0.6 is 0 Å². The fraction of sp³-hybridized carbons (Fsp3) is 0.250. The van der Waals surface area contributed by atoms with Crippen molar-refractivity contribution in [2.24, 2.45) is 17.0 Å². The lowest BCUT2D eigenvalue weighted by Gasteiger charge is -2.16. The molecule has 0 fully saturated rings. The molecular weight excluding hydrogens is 396 g/mol. The molecule has 1 aliphatic rings. The van der Waals surface area contributed by atoms with E-state index in [2.05, 4.69) is 18.1 Å². The van der Waals surface area contributed by atoms with E-state index in [4.69, 9.17) is 4.84 Å². The number of benzene rings is 3. The van der Waals surface area contributed by atoms with E-state index < -0.39 is 0 Å². The lowest BCUT2D eigenvalue weighted by atomic mass is 9.87. The molecule has 0 amide bonds. The predicted octanol–water partition coefficient (Wildman–Crippen LogP) is 6.57. The van der Waals surface area contributed by atoms with Gasteiger partial charge in [-0.05, 0) is 46.9 Å². The SMILES string of the molecule is CC(C)CC(=O)c1cc(C2=NOC(c3ccccc3)C2C)cc(-c2ccccc2C#N)c1. The topological polar surface area (TPSA) is 62.4 Å². The minimum Gasteiger partial charge on any atom is -0.387 e. The van der Waals surface area contributed by atoms with Crippen LogP contribution in [0.15, 0.2) is 78.0 Å². The van der Waals surface area contributed by atoms with E-state index in [1.807, 2.05) is 80.6 Å². The Labute approximate surface area is 189 Å². The van der Waals surface area contributed by atoms with Crippen LogP contribution in [0.5, 0.6) is 0 Å². The summed E-state index contributed by atoms with van der Waals surface area (Å²) in [5.41, 5.74) is 5.60. The Hall–Kier alpha value is -3.71. The molecule has 4 heteroatoms. The number of ketones is 1. The predicted molar refractivity (Wildman–Crippen MR) is 126 cm³/mol. The van der Waals surface area contributed by atoms with E-state index in [0.29, 0.717) is 17.5 Å². The number of carbonyl (C=O) groups is 1. The van der Waals surface area contributed by atoms with Crippen LogP contribution in [0.2, 0.25) is 0 Å². The number of hydrogen-bond donors (Lipinski definition) is 0. The second kappa shape index (κ2) is 9.20. The van der Waals surface area contributed by atoms with E-state index in [1.54, 1.807) is 6.07 Å². The number of hydrogen-bond acceptors (Lipinski definition) is 4. The summed E-state index contributed by atoms with van der Waals surface area (Å²) < 4.78 is 0. The first-order chi connectivity index (χ1) is 15.5. The molecule has 160 valence electrons. The molecule has 0 aliphatic carbocycles. The summed E-state index contributed by atoms with van der Waals surface area (Å²) in [6.45, 7) is 6.17. The van der Waals surface area contributed by atoms with Crippen LogP contribution in [0.25, 0.3) is 11.1 Å². The molecule has 0 saturated carbocycles. The fourth-order valence-electron chi connectivity index (χ4n) is 4.15. The Morgan fingerprint density at radius 1 is 1.03 bits per heavy atom. The van der Waals surface area contributed by atoms with Gasteiger partial charge >= 0.3 is 0 Å². The zero-order chi connectivity index (χ0) is 22.7. The number of oxime groups is 1. The van der Waals surface area contributed by atoms with Gasteiger partial charge in [0.15, 0.2) is 11.9 Å². The molecule has 0 saturated heterocycles. The minimum absolute atomic E-state index is 0.0203. The van der Waals surface area contributed by atoms with E-state index in [9.17, 15) is 10.1 Å². The third-order valence-electron chi connectivity index (χ3n) is 5.78. The van der Waals surface area contributed by atoms with Gasteiger partial charge in [0.1, 0.15) is 0 Å². The van der Waals surface area contributed by atoms with Crippen LogP contribution in [0.4, 0.5) is 0 Å². The highest BCUT2D eigenvalue weighted by molar-refractivity contribution is 6.07. The highest BCUT2D eigenvalue weighted by atomic mass is 16.6. The number of rotatable bonds is 6. The maximum atomic E-state index is 13.0. The van der Waals surface area contributed by atoms with Crippen molar-refractivity contribution in [3.05, 3.63) is 95.1 Å². The third-order valence-corrected chi connectivity index (χ3v) is 5.78. The second-order valence-corrected chi connectivity index (χ2v) is 8.68. The minimum atomic E-state index is -0.170. The van der Waals surface area contributed by atoms with Crippen molar-refractivity contribution in [1.29, 1.82) is 5.26 Å². The van der Waals surface area contributed by atoms with Crippen molar-refractivity contribution in [2.45, 2.75) is 33.3 Å². The van der Waals surface area contributed by atoms with Crippen molar-refractivity contribution in [3.63, 3.8) is 0 Å². The summed E-state index contributed by atoms with van der Waals surface area (Å²) in [5, 5.41) is 14.0. The van der Waals surface area contributed by atoms with Crippen LogP contribution in [-0.2, 0) is 4.84 Å². The normalized spacial score (nSPS) is 17.5. The van der Waals surface area contributed by atoms with Gasteiger partial charge in [-0.3, -0.25) is 4.79 Å². The molecule has 0 spiro atoms. The molecule has 1 heterocycles. The fourth-order valence-corrected chi connectivity index (χ4v) is 4.15. The molecule has 0 bridgehead atoms. The molecular formula is C28H26N2O2. The van der Waals surface area contributed by atoms with Gasteiger partial charge in [0.25, 0.3) is 0 Å². The largest absolute Gasteiger partial charge is 0.387 e. The smallest absolute Gasteiger partial charge is 0.163 e. The first-order valence-electron chi connectivity index (χ1n) is 10.9. The summed E-state index contributed by atoms with van der Waals surface area (Å²) in [6.07, 6.45) is 0.296. The van der Waals surface area contributed by atoms with Crippen LogP contribution in [-0.4, -0.2) is 11.5 Å². The lowest BCUT2D eigenvalue weighted by molar-refractivity contribution is 0.0653. The Bertz CT molecular complexity index is 1210. The Kier molecular flexibility index (Phi) is 6.18. The maximum absolute atomic E-state index is 13.0. The quantitative estimate of drug-likeness (QED) is 0.422. The zero-order valence-corrected chi connectivity index (χ0v) is 18.6. The highest BCUT2D eigenvalue weighted by Gasteiger charge is 2.33. The molecule has 0 N–H and O–H groups in total. The van der Waals surface area contributed by atoms with Gasteiger partial charge in [-0.15, -0.1) is 0 Å². The maximum Gasteiger partial charge on any atom is 0.163 e. The average Bonchev–Trinajstić information content (AvgIpc) is 3.20. The lowest BCUT2D eigenvalue weighted by Crippen LogP contribution is -2.15. The molecule has 4 rings (SSSR count). The molecule has 0 aromatic heterocycles. The van der Waals surface area contributed by atoms with E-state index in [1.165, 1.54) is 0 Å². The van der Waals surface area contributed by atoms with E-state index in [-0.39, 0.29) is 23.7 Å².